The van der Waals surface area contributed by atoms with Gasteiger partial charge in [0.1, 0.15) is 5.60 Å². The summed E-state index contributed by atoms with van der Waals surface area (Å²) in [4.78, 5) is 0. The first-order valence-corrected chi connectivity index (χ1v) is 6.11. The lowest BCUT2D eigenvalue weighted by molar-refractivity contribution is 0.143. The first-order valence-electron chi connectivity index (χ1n) is 6.11. The van der Waals surface area contributed by atoms with Gasteiger partial charge in [-0.15, -0.1) is 0 Å². The predicted molar refractivity (Wildman–Crippen MR) is 72.0 cm³/mol. The van der Waals surface area contributed by atoms with Crippen LogP contribution in [0.25, 0.3) is 0 Å². The molecule has 0 aliphatic carbocycles. The fourth-order valence-electron chi connectivity index (χ4n) is 1.35. The van der Waals surface area contributed by atoms with Gasteiger partial charge in [-0.25, -0.2) is 0 Å². The van der Waals surface area contributed by atoms with E-state index in [2.05, 4.69) is 11.8 Å². The largest absolute Gasteiger partial charge is 0.490 e. The summed E-state index contributed by atoms with van der Waals surface area (Å²) in [7, 11) is 0. The standard InChI is InChI=1S/C15H20O3/c1-5-17-13-8-7-12(9-10-15(3,4)16)11-14(13)18-6-2/h7-8,11,16H,5-6H2,1-4H3. The summed E-state index contributed by atoms with van der Waals surface area (Å²) in [6.07, 6.45) is 0. The van der Waals surface area contributed by atoms with Crippen molar-refractivity contribution < 1.29 is 14.6 Å². The number of rotatable bonds is 4. The van der Waals surface area contributed by atoms with Gasteiger partial charge in [0.15, 0.2) is 11.5 Å². The monoisotopic (exact) mass is 248 g/mol. The van der Waals surface area contributed by atoms with Gasteiger partial charge < -0.3 is 14.6 Å². The van der Waals surface area contributed by atoms with Crippen LogP contribution in [0, 0.1) is 11.8 Å². The van der Waals surface area contributed by atoms with Gasteiger partial charge in [-0.3, -0.25) is 0 Å². The lowest BCUT2D eigenvalue weighted by Crippen LogP contribution is -2.14. The Balaban J connectivity index is 3.01. The second kappa shape index (κ2) is 6.32. The van der Waals surface area contributed by atoms with Crippen molar-refractivity contribution in [2.24, 2.45) is 0 Å². The van der Waals surface area contributed by atoms with Crippen molar-refractivity contribution in [2.45, 2.75) is 33.3 Å². The molecule has 0 saturated heterocycles. The Hall–Kier alpha value is -1.66. The summed E-state index contributed by atoms with van der Waals surface area (Å²) >= 11 is 0. The van der Waals surface area contributed by atoms with Crippen LogP contribution in [0.1, 0.15) is 33.3 Å². The molecule has 0 heterocycles. The fourth-order valence-corrected chi connectivity index (χ4v) is 1.35. The number of hydrogen-bond donors (Lipinski definition) is 1. The molecule has 0 atom stereocenters. The van der Waals surface area contributed by atoms with E-state index in [4.69, 9.17) is 9.47 Å². The fraction of sp³-hybridized carbons (Fsp3) is 0.467. The Bertz CT molecular complexity index is 447. The zero-order valence-corrected chi connectivity index (χ0v) is 11.4. The molecule has 0 radical (unpaired) electrons. The van der Waals surface area contributed by atoms with Gasteiger partial charge >= 0.3 is 0 Å². The molecule has 1 N–H and O–H groups in total. The average molecular weight is 248 g/mol. The molecule has 0 aliphatic heterocycles. The zero-order chi connectivity index (χ0) is 13.6. The summed E-state index contributed by atoms with van der Waals surface area (Å²) in [6.45, 7) is 8.32. The van der Waals surface area contributed by atoms with Gasteiger partial charge in [0.25, 0.3) is 0 Å². The smallest absolute Gasteiger partial charge is 0.162 e. The minimum Gasteiger partial charge on any atom is -0.490 e. The molecular weight excluding hydrogens is 228 g/mol. The SMILES string of the molecule is CCOc1ccc(C#CC(C)(C)O)cc1OCC. The molecule has 0 aromatic heterocycles. The molecule has 18 heavy (non-hydrogen) atoms. The maximum Gasteiger partial charge on any atom is 0.162 e. The molecule has 0 spiro atoms. The Morgan fingerprint density at radius 1 is 1.11 bits per heavy atom. The number of hydrogen-bond acceptors (Lipinski definition) is 3. The topological polar surface area (TPSA) is 38.7 Å². The van der Waals surface area contributed by atoms with E-state index < -0.39 is 5.60 Å². The molecule has 1 aromatic carbocycles. The van der Waals surface area contributed by atoms with E-state index in [1.165, 1.54) is 0 Å². The van der Waals surface area contributed by atoms with E-state index >= 15 is 0 Å². The molecule has 1 aromatic rings. The van der Waals surface area contributed by atoms with E-state index in [0.717, 1.165) is 5.56 Å². The summed E-state index contributed by atoms with van der Waals surface area (Å²) in [5.74, 6) is 7.08. The van der Waals surface area contributed by atoms with Gasteiger partial charge in [-0.2, -0.15) is 0 Å². The second-order valence-electron chi connectivity index (χ2n) is 4.34. The highest BCUT2D eigenvalue weighted by atomic mass is 16.5. The molecule has 3 nitrogen and oxygen atoms in total. The molecule has 0 aliphatic rings. The van der Waals surface area contributed by atoms with Gasteiger partial charge in [0.2, 0.25) is 0 Å². The van der Waals surface area contributed by atoms with Gasteiger partial charge in [0.05, 0.1) is 13.2 Å². The molecule has 0 fully saturated rings. The summed E-state index contributed by atoms with van der Waals surface area (Å²) in [6, 6.07) is 5.52. The van der Waals surface area contributed by atoms with Crippen LogP contribution in [0.5, 0.6) is 11.5 Å². The van der Waals surface area contributed by atoms with Crippen molar-refractivity contribution in [3.63, 3.8) is 0 Å². The highest BCUT2D eigenvalue weighted by molar-refractivity contribution is 5.48. The first kappa shape index (κ1) is 14.4. The van der Waals surface area contributed by atoms with E-state index in [0.29, 0.717) is 24.7 Å². The van der Waals surface area contributed by atoms with Crippen molar-refractivity contribution in [1.29, 1.82) is 0 Å². The van der Waals surface area contributed by atoms with Crippen LogP contribution < -0.4 is 9.47 Å². The van der Waals surface area contributed by atoms with Crippen molar-refractivity contribution in [1.82, 2.24) is 0 Å². The van der Waals surface area contributed by atoms with Crippen molar-refractivity contribution >= 4 is 0 Å². The first-order chi connectivity index (χ1) is 8.46. The van der Waals surface area contributed by atoms with Crippen LogP contribution in [-0.4, -0.2) is 23.9 Å². The summed E-state index contributed by atoms with van der Waals surface area (Å²) in [5.41, 5.74) is -0.200. The van der Waals surface area contributed by atoms with Crippen LogP contribution in [-0.2, 0) is 0 Å². The third-order valence-corrected chi connectivity index (χ3v) is 2.06. The Morgan fingerprint density at radius 2 is 1.72 bits per heavy atom. The van der Waals surface area contributed by atoms with Crippen molar-refractivity contribution in [3.8, 4) is 23.3 Å². The normalized spacial score (nSPS) is 10.5. The number of benzene rings is 1. The molecule has 0 bridgehead atoms. The average Bonchev–Trinajstić information content (AvgIpc) is 2.29. The van der Waals surface area contributed by atoms with Gasteiger partial charge in [-0.05, 0) is 45.9 Å². The van der Waals surface area contributed by atoms with Crippen LogP contribution in [0.2, 0.25) is 0 Å². The highest BCUT2D eigenvalue weighted by Crippen LogP contribution is 2.28. The number of aliphatic hydroxyl groups is 1. The Morgan fingerprint density at radius 3 is 2.28 bits per heavy atom. The van der Waals surface area contributed by atoms with E-state index in [9.17, 15) is 5.11 Å². The Kier molecular flexibility index (Phi) is 5.06. The molecule has 3 heteroatoms. The maximum atomic E-state index is 9.56. The van der Waals surface area contributed by atoms with E-state index in [-0.39, 0.29) is 0 Å². The third-order valence-electron chi connectivity index (χ3n) is 2.06. The molecular formula is C15H20O3. The van der Waals surface area contributed by atoms with E-state index in [1.54, 1.807) is 13.8 Å². The second-order valence-corrected chi connectivity index (χ2v) is 4.34. The minimum atomic E-state index is -0.996. The summed E-state index contributed by atoms with van der Waals surface area (Å²) in [5, 5.41) is 9.56. The number of ether oxygens (including phenoxy) is 2. The van der Waals surface area contributed by atoms with Crippen molar-refractivity contribution in [2.75, 3.05) is 13.2 Å². The van der Waals surface area contributed by atoms with Gasteiger partial charge in [-0.1, -0.05) is 11.8 Å². The van der Waals surface area contributed by atoms with Crippen LogP contribution in [0.4, 0.5) is 0 Å². The van der Waals surface area contributed by atoms with Crippen LogP contribution in [0.15, 0.2) is 18.2 Å². The Labute approximate surface area is 109 Å². The zero-order valence-electron chi connectivity index (χ0n) is 11.4. The van der Waals surface area contributed by atoms with Crippen molar-refractivity contribution in [3.05, 3.63) is 23.8 Å². The highest BCUT2D eigenvalue weighted by Gasteiger charge is 2.07. The third kappa shape index (κ3) is 4.68. The lowest BCUT2D eigenvalue weighted by Gasteiger charge is -2.11. The van der Waals surface area contributed by atoms with Crippen LogP contribution in [0.3, 0.4) is 0 Å². The molecule has 98 valence electrons. The maximum absolute atomic E-state index is 9.56. The predicted octanol–water partition coefficient (Wildman–Crippen LogP) is 2.61. The molecule has 0 saturated carbocycles. The lowest BCUT2D eigenvalue weighted by atomic mass is 10.1. The molecule has 1 rings (SSSR count). The molecule has 0 unspecified atom stereocenters. The molecule has 0 amide bonds. The minimum absolute atomic E-state index is 0.572. The van der Waals surface area contributed by atoms with Gasteiger partial charge in [0, 0.05) is 5.56 Å². The van der Waals surface area contributed by atoms with Crippen LogP contribution >= 0.6 is 0 Å². The summed E-state index contributed by atoms with van der Waals surface area (Å²) < 4.78 is 11.0. The quantitative estimate of drug-likeness (QED) is 0.832. The van der Waals surface area contributed by atoms with E-state index in [1.807, 2.05) is 32.0 Å².